The summed E-state index contributed by atoms with van der Waals surface area (Å²) in [4.78, 5) is 29.6. The normalized spacial score (nSPS) is 12.1. The smallest absolute Gasteiger partial charge is 0.427 e. The number of ether oxygens (including phenoxy) is 2. The fourth-order valence-corrected chi connectivity index (χ4v) is 1.74. The third kappa shape index (κ3) is 6.48. The average molecular weight is 359 g/mol. The molecule has 0 radical (unpaired) electrons. The fourth-order valence-electron chi connectivity index (χ4n) is 1.74. The van der Waals surface area contributed by atoms with Crippen LogP contribution in [0.15, 0.2) is 29.3 Å². The van der Waals surface area contributed by atoms with Crippen molar-refractivity contribution >= 4 is 23.8 Å². The summed E-state index contributed by atoms with van der Waals surface area (Å²) in [5.41, 5.74) is 5.04. The Morgan fingerprint density at radius 3 is 1.92 bits per heavy atom. The van der Waals surface area contributed by atoms with E-state index >= 15 is 0 Å². The molecule has 26 heavy (non-hydrogen) atoms. The van der Waals surface area contributed by atoms with Gasteiger partial charge in [-0.25, -0.2) is 14.6 Å². The molecule has 7 nitrogen and oxygen atoms in total. The van der Waals surface area contributed by atoms with Gasteiger partial charge >= 0.3 is 12.2 Å². The van der Waals surface area contributed by atoms with E-state index in [-0.39, 0.29) is 0 Å². The Bertz CT molecular complexity index is 721. The number of guanidine groups is 1. The van der Waals surface area contributed by atoms with Crippen molar-refractivity contribution in [2.75, 3.05) is 0 Å². The molecule has 0 atom stereocenters. The Kier molecular flexibility index (Phi) is 6.40. The van der Waals surface area contributed by atoms with E-state index in [1.807, 2.05) is 0 Å². The molecule has 2 amide bonds. The lowest BCUT2D eigenvalue weighted by Gasteiger charge is -2.27. The molecule has 1 aromatic rings. The number of imide groups is 1. The van der Waals surface area contributed by atoms with Crippen LogP contribution < -0.4 is 5.73 Å². The molecule has 0 fully saturated rings. The van der Waals surface area contributed by atoms with E-state index < -0.39 is 29.3 Å². The topological polar surface area (TPSA) is 94.2 Å². The molecule has 1 aromatic carbocycles. The van der Waals surface area contributed by atoms with E-state index in [9.17, 15) is 9.59 Å². The molecular formula is C19H25N3O4. The van der Waals surface area contributed by atoms with E-state index in [0.29, 0.717) is 16.2 Å². The maximum atomic E-state index is 12.5. The first-order chi connectivity index (χ1) is 11.8. The number of nitrogens with zero attached hydrogens (tertiary/aromatic N) is 2. The van der Waals surface area contributed by atoms with Crippen LogP contribution in [-0.2, 0) is 9.47 Å². The van der Waals surface area contributed by atoms with Gasteiger partial charge in [-0.15, -0.1) is 11.3 Å². The molecule has 0 heterocycles. The lowest BCUT2D eigenvalue weighted by molar-refractivity contribution is 0.0145. The van der Waals surface area contributed by atoms with Crippen molar-refractivity contribution < 1.29 is 19.1 Å². The van der Waals surface area contributed by atoms with Gasteiger partial charge in [-0.1, -0.05) is 18.1 Å². The first-order valence-corrected chi connectivity index (χ1v) is 8.00. The largest absolute Gasteiger partial charge is 0.443 e. The molecule has 0 aliphatic heterocycles. The highest BCUT2D eigenvalue weighted by Crippen LogP contribution is 2.19. The summed E-state index contributed by atoms with van der Waals surface area (Å²) in [5, 5.41) is 0. The minimum atomic E-state index is -0.994. The molecule has 0 bridgehead atoms. The summed E-state index contributed by atoms with van der Waals surface area (Å²) in [5.74, 6) is 2.05. The number of benzene rings is 1. The Morgan fingerprint density at radius 1 is 1.04 bits per heavy atom. The van der Waals surface area contributed by atoms with Gasteiger partial charge in [0, 0.05) is 0 Å². The highest BCUT2D eigenvalue weighted by molar-refractivity contribution is 6.08. The number of carbonyl (C=O) groups is 2. The van der Waals surface area contributed by atoms with Crippen LogP contribution >= 0.6 is 0 Å². The molecule has 0 aliphatic carbocycles. The summed E-state index contributed by atoms with van der Waals surface area (Å²) in [6.07, 6.45) is 3.44. The Balaban J connectivity index is 3.30. The number of hydrogen-bond acceptors (Lipinski definition) is 5. The van der Waals surface area contributed by atoms with Crippen molar-refractivity contribution in [3.8, 4) is 12.3 Å². The minimum absolute atomic E-state index is 0.338. The van der Waals surface area contributed by atoms with E-state index in [0.717, 1.165) is 0 Å². The molecule has 0 saturated heterocycles. The first kappa shape index (κ1) is 21.0. The van der Waals surface area contributed by atoms with Crippen LogP contribution in [-0.4, -0.2) is 34.2 Å². The van der Waals surface area contributed by atoms with Gasteiger partial charge in [0.2, 0.25) is 5.96 Å². The zero-order chi connectivity index (χ0) is 20.1. The van der Waals surface area contributed by atoms with Gasteiger partial charge in [0.15, 0.2) is 0 Å². The van der Waals surface area contributed by atoms with Crippen LogP contribution in [0.25, 0.3) is 0 Å². The van der Waals surface area contributed by atoms with Gasteiger partial charge in [0.05, 0.1) is 11.3 Å². The monoisotopic (exact) mass is 359 g/mol. The van der Waals surface area contributed by atoms with Crippen LogP contribution in [0.2, 0.25) is 0 Å². The van der Waals surface area contributed by atoms with Crippen molar-refractivity contribution in [3.05, 3.63) is 29.8 Å². The standard InChI is InChI=1S/C19H25N3O4/c1-8-13-11-9-10-12-14(13)21-15(20)22(16(23)25-18(2,3)4)17(24)26-19(5,6)7/h1,9-12H,2-7H3,(H2,20,21). The number of amides is 2. The number of carbonyl (C=O) groups excluding carboxylic acids is 2. The SMILES string of the molecule is C#Cc1ccccc1N=C(N)N(C(=O)OC(C)(C)C)C(=O)OC(C)(C)C. The quantitative estimate of drug-likeness (QED) is 0.468. The number of aliphatic imine (C=N–C) groups is 1. The molecule has 0 saturated carbocycles. The fraction of sp³-hybridized carbons (Fsp3) is 0.421. The molecule has 1 rings (SSSR count). The highest BCUT2D eigenvalue weighted by Gasteiger charge is 2.34. The van der Waals surface area contributed by atoms with E-state index in [4.69, 9.17) is 21.6 Å². The Morgan fingerprint density at radius 2 is 1.50 bits per heavy atom. The lowest BCUT2D eigenvalue weighted by atomic mass is 10.2. The molecule has 0 unspecified atom stereocenters. The second-order valence-electron chi connectivity index (χ2n) is 7.43. The third-order valence-electron chi connectivity index (χ3n) is 2.68. The zero-order valence-corrected chi connectivity index (χ0v) is 16.0. The van der Waals surface area contributed by atoms with Crippen molar-refractivity contribution in [1.29, 1.82) is 0 Å². The Labute approximate surface area is 154 Å². The van der Waals surface area contributed by atoms with Gasteiger partial charge in [-0.3, -0.25) is 0 Å². The summed E-state index contributed by atoms with van der Waals surface area (Å²) in [6.45, 7) is 9.99. The lowest BCUT2D eigenvalue weighted by Crippen LogP contribution is -2.49. The number of terminal acetylenes is 1. The molecule has 2 N–H and O–H groups in total. The second-order valence-corrected chi connectivity index (χ2v) is 7.43. The number of para-hydroxylation sites is 1. The summed E-state index contributed by atoms with van der Waals surface area (Å²) >= 11 is 0. The van der Waals surface area contributed by atoms with Gasteiger partial charge < -0.3 is 15.2 Å². The van der Waals surface area contributed by atoms with Gasteiger partial charge in [-0.05, 0) is 53.7 Å². The highest BCUT2D eigenvalue weighted by atomic mass is 16.6. The van der Waals surface area contributed by atoms with Crippen molar-refractivity contribution in [2.45, 2.75) is 52.7 Å². The summed E-state index contributed by atoms with van der Waals surface area (Å²) in [7, 11) is 0. The molecular weight excluding hydrogens is 334 g/mol. The van der Waals surface area contributed by atoms with E-state index in [2.05, 4.69) is 10.9 Å². The predicted octanol–water partition coefficient (Wildman–Crippen LogP) is 3.79. The van der Waals surface area contributed by atoms with Crippen molar-refractivity contribution in [2.24, 2.45) is 10.7 Å². The maximum absolute atomic E-state index is 12.5. The van der Waals surface area contributed by atoms with Crippen LogP contribution in [0, 0.1) is 12.3 Å². The van der Waals surface area contributed by atoms with Crippen molar-refractivity contribution in [1.82, 2.24) is 4.90 Å². The second kappa shape index (κ2) is 7.91. The van der Waals surface area contributed by atoms with Crippen LogP contribution in [0.5, 0.6) is 0 Å². The van der Waals surface area contributed by atoms with E-state index in [1.54, 1.807) is 65.8 Å². The van der Waals surface area contributed by atoms with Gasteiger partial charge in [0.25, 0.3) is 0 Å². The molecule has 0 aromatic heterocycles. The third-order valence-corrected chi connectivity index (χ3v) is 2.68. The molecule has 0 aliphatic rings. The van der Waals surface area contributed by atoms with Crippen LogP contribution in [0.3, 0.4) is 0 Å². The van der Waals surface area contributed by atoms with Crippen LogP contribution in [0.4, 0.5) is 15.3 Å². The predicted molar refractivity (Wildman–Crippen MR) is 100.0 cm³/mol. The first-order valence-electron chi connectivity index (χ1n) is 8.00. The maximum Gasteiger partial charge on any atom is 0.427 e. The van der Waals surface area contributed by atoms with E-state index in [1.165, 1.54) is 0 Å². The number of hydrogen-bond donors (Lipinski definition) is 1. The van der Waals surface area contributed by atoms with Gasteiger partial charge in [0.1, 0.15) is 11.2 Å². The summed E-state index contributed by atoms with van der Waals surface area (Å²) < 4.78 is 10.5. The molecule has 140 valence electrons. The molecule has 7 heteroatoms. The van der Waals surface area contributed by atoms with Gasteiger partial charge in [-0.2, -0.15) is 0 Å². The van der Waals surface area contributed by atoms with Crippen LogP contribution in [0.1, 0.15) is 47.1 Å². The average Bonchev–Trinajstić information content (AvgIpc) is 2.43. The zero-order valence-electron chi connectivity index (χ0n) is 16.0. The summed E-state index contributed by atoms with van der Waals surface area (Å²) in [6, 6.07) is 6.73. The number of nitrogens with two attached hydrogens (primary N) is 1. The van der Waals surface area contributed by atoms with Crippen molar-refractivity contribution in [3.63, 3.8) is 0 Å². The Hall–Kier alpha value is -3.01. The number of rotatable bonds is 1. The molecule has 0 spiro atoms. The minimum Gasteiger partial charge on any atom is -0.443 e.